The van der Waals surface area contributed by atoms with Gasteiger partial charge in [-0.05, 0) is 36.7 Å². The summed E-state index contributed by atoms with van der Waals surface area (Å²) in [6.45, 7) is 0.693. The maximum Gasteiger partial charge on any atom is 0.162 e. The van der Waals surface area contributed by atoms with Gasteiger partial charge >= 0.3 is 0 Å². The number of hydrogen-bond acceptors (Lipinski definition) is 1. The third-order valence-electron chi connectivity index (χ3n) is 3.29. The van der Waals surface area contributed by atoms with E-state index in [0.29, 0.717) is 18.5 Å². The summed E-state index contributed by atoms with van der Waals surface area (Å²) in [5, 5.41) is 3.11. The molecule has 2 aromatic rings. The van der Waals surface area contributed by atoms with Crippen molar-refractivity contribution in [1.29, 1.82) is 0 Å². The molecule has 106 valence electrons. The van der Waals surface area contributed by atoms with Gasteiger partial charge in [-0.3, -0.25) is 0 Å². The van der Waals surface area contributed by atoms with Gasteiger partial charge in [0.15, 0.2) is 11.6 Å². The van der Waals surface area contributed by atoms with Gasteiger partial charge in [-0.1, -0.05) is 46.3 Å². The van der Waals surface area contributed by atoms with E-state index in [-0.39, 0.29) is 5.92 Å². The highest BCUT2D eigenvalue weighted by atomic mass is 79.9. The van der Waals surface area contributed by atoms with Crippen molar-refractivity contribution in [1.82, 2.24) is 5.32 Å². The minimum absolute atomic E-state index is 0.0758. The molecule has 0 radical (unpaired) electrons. The third kappa shape index (κ3) is 3.44. The van der Waals surface area contributed by atoms with E-state index < -0.39 is 11.6 Å². The van der Waals surface area contributed by atoms with Gasteiger partial charge in [-0.2, -0.15) is 0 Å². The van der Waals surface area contributed by atoms with Gasteiger partial charge in [0.1, 0.15) is 0 Å². The van der Waals surface area contributed by atoms with E-state index >= 15 is 0 Å². The summed E-state index contributed by atoms with van der Waals surface area (Å²) >= 11 is 3.52. The Bertz CT molecular complexity index is 586. The average Bonchev–Trinajstić information content (AvgIpc) is 2.44. The zero-order valence-electron chi connectivity index (χ0n) is 11.2. The monoisotopic (exact) mass is 339 g/mol. The van der Waals surface area contributed by atoms with Gasteiger partial charge in [-0.15, -0.1) is 0 Å². The quantitative estimate of drug-likeness (QED) is 0.857. The molecule has 2 rings (SSSR count). The zero-order chi connectivity index (χ0) is 14.5. The Balaban J connectivity index is 2.31. The molecule has 0 aromatic heterocycles. The fourth-order valence-electron chi connectivity index (χ4n) is 2.32. The van der Waals surface area contributed by atoms with E-state index in [4.69, 9.17) is 0 Å². The Morgan fingerprint density at radius 3 is 2.55 bits per heavy atom. The zero-order valence-corrected chi connectivity index (χ0v) is 12.8. The molecule has 0 amide bonds. The summed E-state index contributed by atoms with van der Waals surface area (Å²) in [5.74, 6) is -1.47. The molecule has 0 fully saturated rings. The number of nitrogens with one attached hydrogen (secondary N) is 1. The average molecular weight is 340 g/mol. The Kier molecular flexibility index (Phi) is 5.26. The van der Waals surface area contributed by atoms with Crippen LogP contribution in [0.3, 0.4) is 0 Å². The van der Waals surface area contributed by atoms with Crippen molar-refractivity contribution >= 4 is 15.9 Å². The van der Waals surface area contributed by atoms with E-state index in [1.807, 2.05) is 31.3 Å². The number of hydrogen-bond donors (Lipinski definition) is 1. The second-order valence-electron chi connectivity index (χ2n) is 4.69. The van der Waals surface area contributed by atoms with Crippen LogP contribution in [0.4, 0.5) is 8.78 Å². The molecular formula is C16H16BrF2N. The number of rotatable bonds is 5. The van der Waals surface area contributed by atoms with Gasteiger partial charge in [0, 0.05) is 16.9 Å². The van der Waals surface area contributed by atoms with Gasteiger partial charge in [-0.25, -0.2) is 8.78 Å². The normalized spacial score (nSPS) is 12.4. The summed E-state index contributed by atoms with van der Waals surface area (Å²) in [6.07, 6.45) is 0.451. The third-order valence-corrected chi connectivity index (χ3v) is 4.02. The standard InChI is InChI=1S/C16H16BrF2N/c1-20-10-12(13-6-2-3-7-14(13)17)9-11-5-4-8-15(18)16(11)19/h2-8,12,20H,9-10H2,1H3. The van der Waals surface area contributed by atoms with Crippen LogP contribution in [0.5, 0.6) is 0 Å². The molecule has 1 atom stereocenters. The van der Waals surface area contributed by atoms with Crippen LogP contribution < -0.4 is 5.32 Å². The van der Waals surface area contributed by atoms with Crippen LogP contribution in [-0.2, 0) is 6.42 Å². The molecule has 0 saturated heterocycles. The molecule has 0 spiro atoms. The van der Waals surface area contributed by atoms with Crippen LogP contribution in [0, 0.1) is 11.6 Å². The van der Waals surface area contributed by atoms with E-state index in [0.717, 1.165) is 16.1 Å². The number of halogens is 3. The molecule has 0 aliphatic carbocycles. The summed E-state index contributed by atoms with van der Waals surface area (Å²) in [7, 11) is 1.85. The molecule has 0 aliphatic heterocycles. The van der Waals surface area contributed by atoms with Gasteiger partial charge in [0.2, 0.25) is 0 Å². The molecular weight excluding hydrogens is 324 g/mol. The lowest BCUT2D eigenvalue weighted by atomic mass is 9.91. The topological polar surface area (TPSA) is 12.0 Å². The molecule has 20 heavy (non-hydrogen) atoms. The van der Waals surface area contributed by atoms with Gasteiger partial charge < -0.3 is 5.32 Å². The van der Waals surface area contributed by atoms with Crippen LogP contribution >= 0.6 is 15.9 Å². The summed E-state index contributed by atoms with van der Waals surface area (Å²) in [6, 6.07) is 12.2. The molecule has 4 heteroatoms. The van der Waals surface area contributed by atoms with Crippen LogP contribution in [-0.4, -0.2) is 13.6 Å². The van der Waals surface area contributed by atoms with Crippen LogP contribution in [0.1, 0.15) is 17.0 Å². The fraction of sp³-hybridized carbons (Fsp3) is 0.250. The van der Waals surface area contributed by atoms with Crippen molar-refractivity contribution in [2.24, 2.45) is 0 Å². The minimum atomic E-state index is -0.794. The molecule has 1 nitrogen and oxygen atoms in total. The highest BCUT2D eigenvalue weighted by molar-refractivity contribution is 9.10. The number of likely N-dealkylation sites (N-methyl/N-ethyl adjacent to an activating group) is 1. The van der Waals surface area contributed by atoms with Crippen molar-refractivity contribution in [3.05, 3.63) is 69.7 Å². The molecule has 0 heterocycles. The second-order valence-corrected chi connectivity index (χ2v) is 5.55. The molecule has 0 aliphatic rings. The molecule has 0 saturated carbocycles. The lowest BCUT2D eigenvalue weighted by Gasteiger charge is -2.19. The Hall–Kier alpha value is -1.26. The van der Waals surface area contributed by atoms with Gasteiger partial charge in [0.05, 0.1) is 0 Å². The van der Waals surface area contributed by atoms with Crippen LogP contribution in [0.15, 0.2) is 46.9 Å². The fourth-order valence-corrected chi connectivity index (χ4v) is 2.92. The number of benzene rings is 2. The largest absolute Gasteiger partial charge is 0.319 e. The highest BCUT2D eigenvalue weighted by Crippen LogP contribution is 2.28. The van der Waals surface area contributed by atoms with Gasteiger partial charge in [0.25, 0.3) is 0 Å². The predicted molar refractivity (Wildman–Crippen MR) is 80.9 cm³/mol. The molecule has 0 bridgehead atoms. The smallest absolute Gasteiger partial charge is 0.162 e. The van der Waals surface area contributed by atoms with Crippen LogP contribution in [0.25, 0.3) is 0 Å². The minimum Gasteiger partial charge on any atom is -0.319 e. The van der Waals surface area contributed by atoms with Crippen molar-refractivity contribution in [2.45, 2.75) is 12.3 Å². The molecule has 1 unspecified atom stereocenters. The maximum atomic E-state index is 13.8. The second kappa shape index (κ2) is 6.95. The highest BCUT2D eigenvalue weighted by Gasteiger charge is 2.17. The van der Waals surface area contributed by atoms with E-state index in [9.17, 15) is 8.78 Å². The Labute approximate surface area is 126 Å². The van der Waals surface area contributed by atoms with Crippen molar-refractivity contribution in [3.8, 4) is 0 Å². The lowest BCUT2D eigenvalue weighted by Crippen LogP contribution is -2.20. The molecule has 1 N–H and O–H groups in total. The lowest BCUT2D eigenvalue weighted by molar-refractivity contribution is 0.491. The van der Waals surface area contributed by atoms with Crippen molar-refractivity contribution < 1.29 is 8.78 Å². The first kappa shape index (κ1) is 15.1. The Morgan fingerprint density at radius 1 is 1.10 bits per heavy atom. The van der Waals surface area contributed by atoms with E-state index in [1.165, 1.54) is 0 Å². The Morgan fingerprint density at radius 2 is 1.85 bits per heavy atom. The first-order valence-electron chi connectivity index (χ1n) is 6.45. The van der Waals surface area contributed by atoms with E-state index in [1.54, 1.807) is 12.1 Å². The van der Waals surface area contributed by atoms with Crippen molar-refractivity contribution in [2.75, 3.05) is 13.6 Å². The van der Waals surface area contributed by atoms with E-state index in [2.05, 4.69) is 21.2 Å². The summed E-state index contributed by atoms with van der Waals surface area (Å²) in [5.41, 5.74) is 1.49. The summed E-state index contributed by atoms with van der Waals surface area (Å²) in [4.78, 5) is 0. The van der Waals surface area contributed by atoms with Crippen LogP contribution in [0.2, 0.25) is 0 Å². The molecule has 2 aromatic carbocycles. The predicted octanol–water partition coefficient (Wildman–Crippen LogP) is 4.27. The maximum absolute atomic E-state index is 13.8. The first-order chi connectivity index (χ1) is 9.63. The summed E-state index contributed by atoms with van der Waals surface area (Å²) < 4.78 is 28.1. The SMILES string of the molecule is CNCC(Cc1cccc(F)c1F)c1ccccc1Br. The van der Waals surface area contributed by atoms with Crippen molar-refractivity contribution in [3.63, 3.8) is 0 Å². The first-order valence-corrected chi connectivity index (χ1v) is 7.24.